The van der Waals surface area contributed by atoms with Gasteiger partial charge in [-0.05, 0) is 42.2 Å². The molecule has 3 aromatic rings. The number of carbonyl (C=O) groups is 1. The van der Waals surface area contributed by atoms with Gasteiger partial charge in [0.1, 0.15) is 5.82 Å². The van der Waals surface area contributed by atoms with Crippen LogP contribution in [-0.2, 0) is 22.5 Å². The quantitative estimate of drug-likeness (QED) is 0.541. The van der Waals surface area contributed by atoms with Crippen molar-refractivity contribution in [2.75, 3.05) is 13.2 Å². The van der Waals surface area contributed by atoms with Crippen molar-refractivity contribution in [3.8, 4) is 0 Å². The smallest absolute Gasteiger partial charge is 0.252 e. The summed E-state index contributed by atoms with van der Waals surface area (Å²) in [7, 11) is 0. The maximum atomic E-state index is 13.6. The van der Waals surface area contributed by atoms with E-state index < -0.39 is 0 Å². The summed E-state index contributed by atoms with van der Waals surface area (Å²) in [6, 6.07) is 12.7. The fraction of sp³-hybridized carbons (Fsp3) is 0.364. The van der Waals surface area contributed by atoms with Gasteiger partial charge in [-0.2, -0.15) is 4.99 Å². The van der Waals surface area contributed by atoms with E-state index in [1.807, 2.05) is 23.6 Å². The molecule has 0 atom stereocenters. The van der Waals surface area contributed by atoms with E-state index in [1.165, 1.54) is 29.0 Å². The van der Waals surface area contributed by atoms with Crippen LogP contribution in [0.3, 0.4) is 0 Å². The standard InChI is InChI=1S/C22H25FN2O2S/c1-4-27-12-11-25-19-10-9-18(23)14-20(19)28-22(25)24-21(26)13-16-5-7-17(8-6-16)15(2)3/h5-10,14-15H,4,11-13H2,1-3H3. The van der Waals surface area contributed by atoms with E-state index in [0.29, 0.717) is 30.5 Å². The topological polar surface area (TPSA) is 43.6 Å². The average Bonchev–Trinajstić information content (AvgIpc) is 2.98. The van der Waals surface area contributed by atoms with Crippen LogP contribution in [0.15, 0.2) is 47.5 Å². The van der Waals surface area contributed by atoms with E-state index in [2.05, 4.69) is 31.0 Å². The van der Waals surface area contributed by atoms with Gasteiger partial charge < -0.3 is 9.30 Å². The zero-order chi connectivity index (χ0) is 20.1. The maximum Gasteiger partial charge on any atom is 0.252 e. The van der Waals surface area contributed by atoms with Crippen molar-refractivity contribution in [3.05, 3.63) is 64.2 Å². The molecule has 1 heterocycles. The Balaban J connectivity index is 1.88. The lowest BCUT2D eigenvalue weighted by molar-refractivity contribution is -0.117. The molecule has 6 heteroatoms. The lowest BCUT2D eigenvalue weighted by Crippen LogP contribution is -2.20. The number of amides is 1. The first-order chi connectivity index (χ1) is 13.5. The molecule has 1 amide bonds. The number of halogens is 1. The number of fused-ring (bicyclic) bond motifs is 1. The normalized spacial score (nSPS) is 12.2. The molecule has 0 aliphatic heterocycles. The van der Waals surface area contributed by atoms with Crippen LogP contribution < -0.4 is 4.80 Å². The molecule has 28 heavy (non-hydrogen) atoms. The minimum absolute atomic E-state index is 0.213. The number of ether oxygens (including phenoxy) is 1. The summed E-state index contributed by atoms with van der Waals surface area (Å²) in [5, 5.41) is 0. The summed E-state index contributed by atoms with van der Waals surface area (Å²) in [5.41, 5.74) is 3.04. The second-order valence-electron chi connectivity index (χ2n) is 6.92. The van der Waals surface area contributed by atoms with Crippen LogP contribution in [0, 0.1) is 5.82 Å². The molecule has 0 aliphatic carbocycles. The van der Waals surface area contributed by atoms with Crippen LogP contribution in [0.5, 0.6) is 0 Å². The van der Waals surface area contributed by atoms with Gasteiger partial charge in [0.25, 0.3) is 5.91 Å². The Morgan fingerprint density at radius 3 is 2.64 bits per heavy atom. The summed E-state index contributed by atoms with van der Waals surface area (Å²) in [6.45, 7) is 7.91. The first-order valence-electron chi connectivity index (χ1n) is 9.51. The molecule has 0 saturated carbocycles. The molecule has 0 N–H and O–H groups in total. The molecular formula is C22H25FN2O2S. The molecule has 3 rings (SSSR count). The van der Waals surface area contributed by atoms with Gasteiger partial charge in [0, 0.05) is 13.2 Å². The Hall–Kier alpha value is -2.31. The fourth-order valence-corrected chi connectivity index (χ4v) is 4.09. The van der Waals surface area contributed by atoms with Crippen molar-refractivity contribution >= 4 is 27.5 Å². The van der Waals surface area contributed by atoms with E-state index >= 15 is 0 Å². The highest BCUT2D eigenvalue weighted by Crippen LogP contribution is 2.19. The van der Waals surface area contributed by atoms with Crippen molar-refractivity contribution in [1.29, 1.82) is 0 Å². The van der Waals surface area contributed by atoms with Crippen molar-refractivity contribution in [2.45, 2.75) is 39.7 Å². The number of hydrogen-bond acceptors (Lipinski definition) is 3. The Morgan fingerprint density at radius 1 is 1.21 bits per heavy atom. The van der Waals surface area contributed by atoms with Crippen LogP contribution >= 0.6 is 11.3 Å². The third-order valence-electron chi connectivity index (χ3n) is 4.53. The summed E-state index contributed by atoms with van der Waals surface area (Å²) < 4.78 is 21.7. The van der Waals surface area contributed by atoms with Crippen molar-refractivity contribution < 1.29 is 13.9 Å². The van der Waals surface area contributed by atoms with Gasteiger partial charge in [0.15, 0.2) is 4.80 Å². The Bertz CT molecular complexity index is 1020. The molecule has 0 radical (unpaired) electrons. The minimum Gasteiger partial charge on any atom is -0.380 e. The summed E-state index contributed by atoms with van der Waals surface area (Å²) in [4.78, 5) is 17.4. The van der Waals surface area contributed by atoms with Gasteiger partial charge in [0.05, 0.1) is 23.2 Å². The highest BCUT2D eigenvalue weighted by Gasteiger charge is 2.10. The van der Waals surface area contributed by atoms with E-state index in [4.69, 9.17) is 4.74 Å². The fourth-order valence-electron chi connectivity index (χ4n) is 2.99. The number of rotatable bonds is 7. The third kappa shape index (κ3) is 4.94. The van der Waals surface area contributed by atoms with Crippen molar-refractivity contribution in [3.63, 3.8) is 0 Å². The Kier molecular flexibility index (Phi) is 6.75. The second kappa shape index (κ2) is 9.26. The second-order valence-corrected chi connectivity index (χ2v) is 7.93. The minimum atomic E-state index is -0.297. The molecule has 148 valence electrons. The SMILES string of the molecule is CCOCCn1c(=NC(=O)Cc2ccc(C(C)C)cc2)sc2cc(F)ccc21. The largest absolute Gasteiger partial charge is 0.380 e. The lowest BCUT2D eigenvalue weighted by Gasteiger charge is -2.06. The molecule has 0 aliphatic rings. The van der Waals surface area contributed by atoms with Crippen molar-refractivity contribution in [1.82, 2.24) is 4.57 Å². The van der Waals surface area contributed by atoms with Crippen molar-refractivity contribution in [2.24, 2.45) is 4.99 Å². The van der Waals surface area contributed by atoms with E-state index in [1.54, 1.807) is 6.07 Å². The van der Waals surface area contributed by atoms with Crippen LogP contribution in [0.2, 0.25) is 0 Å². The number of benzene rings is 2. The van der Waals surface area contributed by atoms with E-state index in [0.717, 1.165) is 15.8 Å². The van der Waals surface area contributed by atoms with Gasteiger partial charge in [-0.25, -0.2) is 4.39 Å². The van der Waals surface area contributed by atoms with Crippen LogP contribution in [0.1, 0.15) is 37.8 Å². The maximum absolute atomic E-state index is 13.6. The van der Waals surface area contributed by atoms with Gasteiger partial charge in [-0.15, -0.1) is 0 Å². The molecule has 0 fully saturated rings. The van der Waals surface area contributed by atoms with Gasteiger partial charge in [-0.1, -0.05) is 49.4 Å². The average molecular weight is 401 g/mol. The zero-order valence-electron chi connectivity index (χ0n) is 16.4. The highest BCUT2D eigenvalue weighted by atomic mass is 32.1. The Labute approximate surface area is 168 Å². The molecular weight excluding hydrogens is 375 g/mol. The molecule has 0 spiro atoms. The number of carbonyl (C=O) groups excluding carboxylic acids is 1. The van der Waals surface area contributed by atoms with E-state index in [9.17, 15) is 9.18 Å². The van der Waals surface area contributed by atoms with Gasteiger partial charge >= 0.3 is 0 Å². The van der Waals surface area contributed by atoms with Crippen LogP contribution in [0.25, 0.3) is 10.2 Å². The van der Waals surface area contributed by atoms with Crippen LogP contribution in [-0.4, -0.2) is 23.7 Å². The lowest BCUT2D eigenvalue weighted by atomic mass is 10.0. The number of nitrogens with zero attached hydrogens (tertiary/aromatic N) is 2. The number of hydrogen-bond donors (Lipinski definition) is 0. The summed E-state index contributed by atoms with van der Waals surface area (Å²) >= 11 is 1.32. The monoisotopic (exact) mass is 400 g/mol. The van der Waals surface area contributed by atoms with Gasteiger partial charge in [0.2, 0.25) is 0 Å². The predicted octanol–water partition coefficient (Wildman–Crippen LogP) is 4.67. The van der Waals surface area contributed by atoms with Crippen LogP contribution in [0.4, 0.5) is 4.39 Å². The zero-order valence-corrected chi connectivity index (χ0v) is 17.3. The predicted molar refractivity (Wildman–Crippen MR) is 111 cm³/mol. The Morgan fingerprint density at radius 2 is 1.96 bits per heavy atom. The number of thiazole rings is 1. The molecule has 0 bridgehead atoms. The molecule has 4 nitrogen and oxygen atoms in total. The molecule has 0 saturated heterocycles. The van der Waals surface area contributed by atoms with Gasteiger partial charge in [-0.3, -0.25) is 4.79 Å². The first-order valence-corrected chi connectivity index (χ1v) is 10.3. The number of aromatic nitrogens is 1. The summed E-state index contributed by atoms with van der Waals surface area (Å²) in [6.07, 6.45) is 0.243. The first kappa shape index (κ1) is 20.4. The molecule has 0 unspecified atom stereocenters. The third-order valence-corrected chi connectivity index (χ3v) is 5.57. The molecule has 1 aromatic heterocycles. The van der Waals surface area contributed by atoms with E-state index in [-0.39, 0.29) is 18.1 Å². The summed E-state index contributed by atoms with van der Waals surface area (Å²) in [5.74, 6) is -0.0546. The molecule has 2 aromatic carbocycles. The highest BCUT2D eigenvalue weighted by molar-refractivity contribution is 7.16.